The standard InChI is InChI=1S/C15H26N2O3/c1-14(2,3)20-13(18)17-7-4-5-10-11(16)15(12(10)17)6-8-19-9-15/h10-12H,4-9,16H2,1-3H3. The molecule has 0 aromatic carbocycles. The molecular weight excluding hydrogens is 256 g/mol. The van der Waals surface area contributed by atoms with Crippen LogP contribution in [0, 0.1) is 11.3 Å². The lowest BCUT2D eigenvalue weighted by Gasteiger charge is -2.63. The molecule has 0 bridgehead atoms. The number of piperidine rings is 1. The number of hydrogen-bond acceptors (Lipinski definition) is 4. The molecule has 114 valence electrons. The SMILES string of the molecule is CC(C)(C)OC(=O)N1CCCC2C(N)C3(CCOC3)C21. The van der Waals surface area contributed by atoms with Crippen molar-refractivity contribution in [1.82, 2.24) is 4.90 Å². The van der Waals surface area contributed by atoms with Gasteiger partial charge in [0, 0.05) is 30.7 Å². The predicted molar refractivity (Wildman–Crippen MR) is 75.3 cm³/mol. The minimum absolute atomic E-state index is 0.0258. The summed E-state index contributed by atoms with van der Waals surface area (Å²) in [4.78, 5) is 14.4. The molecule has 3 fully saturated rings. The van der Waals surface area contributed by atoms with Gasteiger partial charge in [0.2, 0.25) is 0 Å². The maximum absolute atomic E-state index is 12.5. The molecule has 1 saturated carbocycles. The Morgan fingerprint density at radius 1 is 1.45 bits per heavy atom. The highest BCUT2D eigenvalue weighted by molar-refractivity contribution is 5.69. The topological polar surface area (TPSA) is 64.8 Å². The van der Waals surface area contributed by atoms with E-state index in [-0.39, 0.29) is 23.6 Å². The Hall–Kier alpha value is -0.810. The third-order valence-electron chi connectivity index (χ3n) is 5.10. The average Bonchev–Trinajstić information content (AvgIpc) is 2.87. The highest BCUT2D eigenvalue weighted by Gasteiger charge is 2.65. The lowest BCUT2D eigenvalue weighted by molar-refractivity contribution is -0.125. The molecule has 20 heavy (non-hydrogen) atoms. The van der Waals surface area contributed by atoms with Crippen LogP contribution in [-0.2, 0) is 9.47 Å². The second kappa shape index (κ2) is 4.60. The largest absolute Gasteiger partial charge is 0.444 e. The molecule has 5 nitrogen and oxygen atoms in total. The van der Waals surface area contributed by atoms with Crippen molar-refractivity contribution in [3.63, 3.8) is 0 Å². The minimum atomic E-state index is -0.449. The number of ether oxygens (including phenoxy) is 2. The van der Waals surface area contributed by atoms with Crippen LogP contribution >= 0.6 is 0 Å². The molecular formula is C15H26N2O3. The molecule has 2 N–H and O–H groups in total. The van der Waals surface area contributed by atoms with Crippen molar-refractivity contribution in [3.8, 4) is 0 Å². The zero-order valence-corrected chi connectivity index (χ0v) is 12.7. The number of nitrogens with two attached hydrogens (primary N) is 1. The van der Waals surface area contributed by atoms with Crippen molar-refractivity contribution in [1.29, 1.82) is 0 Å². The van der Waals surface area contributed by atoms with Gasteiger partial charge >= 0.3 is 6.09 Å². The van der Waals surface area contributed by atoms with Gasteiger partial charge in [0.05, 0.1) is 6.61 Å². The van der Waals surface area contributed by atoms with Gasteiger partial charge in [-0.25, -0.2) is 4.79 Å². The summed E-state index contributed by atoms with van der Waals surface area (Å²) in [5.41, 5.74) is 5.93. The smallest absolute Gasteiger partial charge is 0.410 e. The van der Waals surface area contributed by atoms with E-state index in [9.17, 15) is 4.79 Å². The van der Waals surface area contributed by atoms with Crippen LogP contribution < -0.4 is 5.73 Å². The number of likely N-dealkylation sites (tertiary alicyclic amines) is 1. The third kappa shape index (κ3) is 2.02. The molecule has 2 aliphatic heterocycles. The number of carbonyl (C=O) groups excluding carboxylic acids is 1. The molecule has 1 spiro atoms. The average molecular weight is 282 g/mol. The fourth-order valence-corrected chi connectivity index (χ4v) is 4.26. The minimum Gasteiger partial charge on any atom is -0.444 e. The highest BCUT2D eigenvalue weighted by atomic mass is 16.6. The first-order valence-corrected chi connectivity index (χ1v) is 7.68. The van der Waals surface area contributed by atoms with Gasteiger partial charge in [-0.05, 0) is 46.0 Å². The van der Waals surface area contributed by atoms with E-state index in [0.29, 0.717) is 12.5 Å². The molecule has 0 radical (unpaired) electrons. The first-order chi connectivity index (χ1) is 9.35. The number of amides is 1. The van der Waals surface area contributed by atoms with Gasteiger partial charge < -0.3 is 20.1 Å². The van der Waals surface area contributed by atoms with Crippen molar-refractivity contribution < 1.29 is 14.3 Å². The monoisotopic (exact) mass is 282 g/mol. The molecule has 5 heteroatoms. The van der Waals surface area contributed by atoms with E-state index in [4.69, 9.17) is 15.2 Å². The van der Waals surface area contributed by atoms with E-state index in [1.807, 2.05) is 25.7 Å². The van der Waals surface area contributed by atoms with Crippen LogP contribution in [0.5, 0.6) is 0 Å². The van der Waals surface area contributed by atoms with Crippen molar-refractivity contribution in [3.05, 3.63) is 0 Å². The van der Waals surface area contributed by atoms with Crippen molar-refractivity contribution in [2.24, 2.45) is 17.1 Å². The Morgan fingerprint density at radius 3 is 2.80 bits per heavy atom. The van der Waals surface area contributed by atoms with Gasteiger partial charge in [0.25, 0.3) is 0 Å². The number of rotatable bonds is 0. The lowest BCUT2D eigenvalue weighted by Crippen LogP contribution is -2.76. The Labute approximate surface area is 120 Å². The molecule has 1 amide bonds. The first-order valence-electron chi connectivity index (χ1n) is 7.68. The molecule has 4 atom stereocenters. The van der Waals surface area contributed by atoms with Gasteiger partial charge in [0.1, 0.15) is 5.60 Å². The Bertz CT molecular complexity index is 398. The molecule has 1 aliphatic carbocycles. The second-order valence-electron chi connectivity index (χ2n) is 7.49. The zero-order chi connectivity index (χ0) is 14.5. The number of carbonyl (C=O) groups is 1. The summed E-state index contributed by atoms with van der Waals surface area (Å²) in [6.07, 6.45) is 2.91. The van der Waals surface area contributed by atoms with E-state index in [0.717, 1.165) is 32.4 Å². The van der Waals surface area contributed by atoms with E-state index in [1.165, 1.54) is 0 Å². The van der Waals surface area contributed by atoms with E-state index in [2.05, 4.69) is 0 Å². The molecule has 4 unspecified atom stereocenters. The van der Waals surface area contributed by atoms with E-state index >= 15 is 0 Å². The van der Waals surface area contributed by atoms with Crippen LogP contribution in [0.4, 0.5) is 4.79 Å². The van der Waals surface area contributed by atoms with Gasteiger partial charge in [-0.1, -0.05) is 0 Å². The van der Waals surface area contributed by atoms with Gasteiger partial charge in [-0.15, -0.1) is 0 Å². The lowest BCUT2D eigenvalue weighted by atomic mass is 9.51. The predicted octanol–water partition coefficient (Wildman–Crippen LogP) is 1.75. The summed E-state index contributed by atoms with van der Waals surface area (Å²) in [5, 5.41) is 0. The fraction of sp³-hybridized carbons (Fsp3) is 0.933. The Morgan fingerprint density at radius 2 is 2.20 bits per heavy atom. The summed E-state index contributed by atoms with van der Waals surface area (Å²) in [6, 6.07) is 0.379. The summed E-state index contributed by atoms with van der Waals surface area (Å²) in [5.74, 6) is 0.415. The van der Waals surface area contributed by atoms with Gasteiger partial charge in [0.15, 0.2) is 0 Å². The fourth-order valence-electron chi connectivity index (χ4n) is 4.26. The molecule has 0 aromatic heterocycles. The molecule has 0 aromatic rings. The van der Waals surface area contributed by atoms with Gasteiger partial charge in [-0.2, -0.15) is 0 Å². The quantitative estimate of drug-likeness (QED) is 0.735. The zero-order valence-electron chi connectivity index (χ0n) is 12.7. The highest BCUT2D eigenvalue weighted by Crippen LogP contribution is 2.56. The van der Waals surface area contributed by atoms with Crippen molar-refractivity contribution in [2.75, 3.05) is 19.8 Å². The summed E-state index contributed by atoms with van der Waals surface area (Å²) < 4.78 is 11.2. The van der Waals surface area contributed by atoms with Crippen LogP contribution in [0.3, 0.4) is 0 Å². The van der Waals surface area contributed by atoms with Crippen molar-refractivity contribution in [2.45, 2.75) is 57.7 Å². The second-order valence-corrected chi connectivity index (χ2v) is 7.49. The van der Waals surface area contributed by atoms with Crippen LogP contribution in [0.25, 0.3) is 0 Å². The van der Waals surface area contributed by atoms with Crippen LogP contribution in [0.15, 0.2) is 0 Å². The maximum Gasteiger partial charge on any atom is 0.410 e. The summed E-state index contributed by atoms with van der Waals surface area (Å²) in [7, 11) is 0. The summed E-state index contributed by atoms with van der Waals surface area (Å²) in [6.45, 7) is 7.96. The first kappa shape index (κ1) is 14.1. The number of nitrogens with zero attached hydrogens (tertiary/aromatic N) is 1. The van der Waals surface area contributed by atoms with Crippen LogP contribution in [0.1, 0.15) is 40.0 Å². The van der Waals surface area contributed by atoms with E-state index < -0.39 is 5.60 Å². The van der Waals surface area contributed by atoms with Crippen LogP contribution in [-0.4, -0.2) is 48.4 Å². The Balaban J connectivity index is 1.79. The normalized spacial score (nSPS) is 40.4. The van der Waals surface area contributed by atoms with E-state index in [1.54, 1.807) is 0 Å². The third-order valence-corrected chi connectivity index (χ3v) is 5.10. The number of fused-ring (bicyclic) bond motifs is 2. The van der Waals surface area contributed by atoms with Crippen LogP contribution in [0.2, 0.25) is 0 Å². The number of hydrogen-bond donors (Lipinski definition) is 1. The Kier molecular flexibility index (Phi) is 3.25. The molecule has 3 rings (SSSR count). The summed E-state index contributed by atoms with van der Waals surface area (Å²) >= 11 is 0. The van der Waals surface area contributed by atoms with Crippen molar-refractivity contribution >= 4 is 6.09 Å². The van der Waals surface area contributed by atoms with Gasteiger partial charge in [-0.3, -0.25) is 0 Å². The molecule has 2 saturated heterocycles. The molecule has 3 aliphatic rings. The molecule has 2 heterocycles. The maximum atomic E-state index is 12.5.